The van der Waals surface area contributed by atoms with Gasteiger partial charge >= 0.3 is 5.97 Å². The Bertz CT molecular complexity index is 1210. The zero-order valence-electron chi connectivity index (χ0n) is 15.4. The van der Waals surface area contributed by atoms with E-state index in [0.717, 1.165) is 22.1 Å². The molecule has 2 aromatic carbocycles. The minimum Gasteiger partial charge on any atom is -0.481 e. The first-order valence-corrected chi connectivity index (χ1v) is 9.48. The number of carbonyl (C=O) groups excluding carboxylic acids is 1. The molecule has 5 nitrogen and oxygen atoms in total. The maximum absolute atomic E-state index is 13.1. The third kappa shape index (κ3) is 3.91. The number of halogens is 1. The fraction of sp³-hybridized carbons (Fsp3) is 0.0870. The van der Waals surface area contributed by atoms with Crippen LogP contribution in [0.3, 0.4) is 0 Å². The third-order valence-corrected chi connectivity index (χ3v) is 5.04. The Morgan fingerprint density at radius 3 is 2.62 bits per heavy atom. The number of ketones is 1. The van der Waals surface area contributed by atoms with Crippen molar-refractivity contribution in [3.05, 3.63) is 88.7 Å². The molecular weight excluding hydrogens is 388 g/mol. The van der Waals surface area contributed by atoms with Crippen molar-refractivity contribution in [2.45, 2.75) is 12.8 Å². The molecule has 0 unspecified atom stereocenters. The predicted octanol–water partition coefficient (Wildman–Crippen LogP) is 5.13. The van der Waals surface area contributed by atoms with Crippen molar-refractivity contribution >= 4 is 34.4 Å². The number of H-pyrrole nitrogens is 1. The Kier molecular flexibility index (Phi) is 5.14. The number of rotatable bonds is 6. The minimum absolute atomic E-state index is 0.0691. The molecule has 0 amide bonds. The van der Waals surface area contributed by atoms with Crippen LogP contribution in [0.1, 0.15) is 27.9 Å². The second-order valence-electron chi connectivity index (χ2n) is 6.71. The number of aryl methyl sites for hydroxylation is 1. The summed E-state index contributed by atoms with van der Waals surface area (Å²) in [6.45, 7) is 0. The number of aromatic amines is 1. The Hall–Kier alpha value is -3.44. The van der Waals surface area contributed by atoms with Gasteiger partial charge in [-0.2, -0.15) is 0 Å². The number of aliphatic carboxylic acids is 1. The number of benzene rings is 2. The molecular formula is C23H17ClN2O3. The van der Waals surface area contributed by atoms with Crippen LogP contribution >= 0.6 is 11.6 Å². The predicted molar refractivity (Wildman–Crippen MR) is 112 cm³/mol. The monoisotopic (exact) mass is 404 g/mol. The molecule has 4 aromatic rings. The van der Waals surface area contributed by atoms with Gasteiger partial charge in [0, 0.05) is 34.8 Å². The van der Waals surface area contributed by atoms with Crippen LogP contribution in [0.2, 0.25) is 5.02 Å². The van der Waals surface area contributed by atoms with Crippen molar-refractivity contribution in [2.75, 3.05) is 0 Å². The average Bonchev–Trinajstić information content (AvgIpc) is 3.17. The van der Waals surface area contributed by atoms with Gasteiger partial charge in [-0.25, -0.2) is 4.98 Å². The van der Waals surface area contributed by atoms with E-state index in [9.17, 15) is 9.59 Å². The summed E-state index contributed by atoms with van der Waals surface area (Å²) >= 11 is 5.94. The molecule has 0 fully saturated rings. The van der Waals surface area contributed by atoms with Gasteiger partial charge in [-0.15, -0.1) is 0 Å². The van der Waals surface area contributed by atoms with E-state index in [4.69, 9.17) is 16.7 Å². The lowest BCUT2D eigenvalue weighted by molar-refractivity contribution is -0.136. The zero-order valence-corrected chi connectivity index (χ0v) is 16.1. The van der Waals surface area contributed by atoms with Crippen LogP contribution < -0.4 is 0 Å². The molecule has 2 N–H and O–H groups in total. The Labute approximate surface area is 172 Å². The standard InChI is InChI=1S/C23H17ClN2O3/c24-17-7-5-15(6-8-17)22(29)19-13-26-23-21(19)18(10-11-25-23)16-3-1-2-14(12-16)4-9-20(27)28/h1-3,5-8,10-13H,4,9H2,(H,25,26)(H,27,28). The first kappa shape index (κ1) is 18.9. The topological polar surface area (TPSA) is 83.0 Å². The van der Waals surface area contributed by atoms with Gasteiger partial charge < -0.3 is 10.1 Å². The molecule has 0 atom stereocenters. The molecule has 0 bridgehead atoms. The van der Waals surface area contributed by atoms with Crippen LogP contribution in [0.5, 0.6) is 0 Å². The van der Waals surface area contributed by atoms with E-state index in [0.29, 0.717) is 28.2 Å². The van der Waals surface area contributed by atoms with Crippen LogP contribution in [-0.4, -0.2) is 26.8 Å². The highest BCUT2D eigenvalue weighted by Crippen LogP contribution is 2.32. The molecule has 0 saturated heterocycles. The lowest BCUT2D eigenvalue weighted by atomic mass is 9.95. The summed E-state index contributed by atoms with van der Waals surface area (Å²) in [7, 11) is 0. The number of hydrogen-bond acceptors (Lipinski definition) is 3. The van der Waals surface area contributed by atoms with Crippen molar-refractivity contribution in [1.29, 1.82) is 0 Å². The second kappa shape index (κ2) is 7.89. The number of aromatic nitrogens is 2. The van der Waals surface area contributed by atoms with Gasteiger partial charge in [0.1, 0.15) is 5.65 Å². The fourth-order valence-electron chi connectivity index (χ4n) is 3.38. The second-order valence-corrected chi connectivity index (χ2v) is 7.15. The summed E-state index contributed by atoms with van der Waals surface area (Å²) in [5, 5.41) is 10.2. The third-order valence-electron chi connectivity index (χ3n) is 4.79. The molecule has 2 heterocycles. The van der Waals surface area contributed by atoms with Gasteiger partial charge in [-0.1, -0.05) is 35.9 Å². The average molecular weight is 405 g/mol. The number of nitrogens with one attached hydrogen (secondary N) is 1. The van der Waals surface area contributed by atoms with Crippen molar-refractivity contribution < 1.29 is 14.7 Å². The number of pyridine rings is 1. The van der Waals surface area contributed by atoms with Gasteiger partial charge in [0.2, 0.25) is 0 Å². The van der Waals surface area contributed by atoms with Crippen molar-refractivity contribution in [1.82, 2.24) is 9.97 Å². The molecule has 6 heteroatoms. The summed E-state index contributed by atoms with van der Waals surface area (Å²) < 4.78 is 0. The molecule has 4 rings (SSSR count). The largest absolute Gasteiger partial charge is 0.481 e. The smallest absolute Gasteiger partial charge is 0.303 e. The maximum Gasteiger partial charge on any atom is 0.303 e. The van der Waals surface area contributed by atoms with E-state index in [1.807, 2.05) is 30.3 Å². The van der Waals surface area contributed by atoms with E-state index < -0.39 is 5.97 Å². The van der Waals surface area contributed by atoms with Crippen molar-refractivity contribution in [3.63, 3.8) is 0 Å². The molecule has 0 aliphatic heterocycles. The van der Waals surface area contributed by atoms with E-state index in [1.165, 1.54) is 0 Å². The number of carboxylic acid groups (broad SMARTS) is 1. The number of fused-ring (bicyclic) bond motifs is 1. The first-order chi connectivity index (χ1) is 14.0. The molecule has 2 aromatic heterocycles. The first-order valence-electron chi connectivity index (χ1n) is 9.10. The summed E-state index contributed by atoms with van der Waals surface area (Å²) in [4.78, 5) is 31.4. The normalized spacial score (nSPS) is 10.9. The van der Waals surface area contributed by atoms with Crippen LogP contribution in [0.15, 0.2) is 67.0 Å². The summed E-state index contributed by atoms with van der Waals surface area (Å²) in [6.07, 6.45) is 3.88. The fourth-order valence-corrected chi connectivity index (χ4v) is 3.50. The van der Waals surface area contributed by atoms with Gasteiger partial charge in [0.25, 0.3) is 0 Å². The van der Waals surface area contributed by atoms with Crippen LogP contribution in [0.4, 0.5) is 0 Å². The number of nitrogens with zero attached hydrogens (tertiary/aromatic N) is 1. The Balaban J connectivity index is 1.79. The highest BCUT2D eigenvalue weighted by Gasteiger charge is 2.18. The van der Waals surface area contributed by atoms with Gasteiger partial charge in [-0.05, 0) is 53.4 Å². The zero-order chi connectivity index (χ0) is 20.4. The van der Waals surface area contributed by atoms with Crippen LogP contribution in [-0.2, 0) is 11.2 Å². The SMILES string of the molecule is O=C(O)CCc1cccc(-c2ccnc3[nH]cc(C(=O)c4ccc(Cl)cc4)c23)c1. The van der Waals surface area contributed by atoms with Gasteiger partial charge in [0.15, 0.2) is 5.78 Å². The molecule has 29 heavy (non-hydrogen) atoms. The lowest BCUT2D eigenvalue weighted by Crippen LogP contribution is -2.01. The molecule has 0 saturated carbocycles. The molecule has 0 aliphatic rings. The number of carboxylic acids is 1. The summed E-state index contributed by atoms with van der Waals surface area (Å²) in [5.74, 6) is -0.951. The van der Waals surface area contributed by atoms with E-state index in [-0.39, 0.29) is 12.2 Å². The van der Waals surface area contributed by atoms with E-state index in [2.05, 4.69) is 9.97 Å². The van der Waals surface area contributed by atoms with Crippen molar-refractivity contribution in [2.24, 2.45) is 0 Å². The van der Waals surface area contributed by atoms with Crippen LogP contribution in [0.25, 0.3) is 22.2 Å². The maximum atomic E-state index is 13.1. The molecule has 144 valence electrons. The van der Waals surface area contributed by atoms with E-state index in [1.54, 1.807) is 36.7 Å². The Morgan fingerprint density at radius 1 is 1.07 bits per heavy atom. The quantitative estimate of drug-likeness (QED) is 0.436. The van der Waals surface area contributed by atoms with Crippen LogP contribution in [0, 0.1) is 0 Å². The van der Waals surface area contributed by atoms with E-state index >= 15 is 0 Å². The van der Waals surface area contributed by atoms with Crippen molar-refractivity contribution in [3.8, 4) is 11.1 Å². The lowest BCUT2D eigenvalue weighted by Gasteiger charge is -2.08. The highest BCUT2D eigenvalue weighted by atomic mass is 35.5. The molecule has 0 aliphatic carbocycles. The molecule has 0 radical (unpaired) electrons. The summed E-state index contributed by atoms with van der Waals surface area (Å²) in [5.41, 5.74) is 4.39. The highest BCUT2D eigenvalue weighted by molar-refractivity contribution is 6.30. The molecule has 0 spiro atoms. The van der Waals surface area contributed by atoms with Gasteiger partial charge in [0.05, 0.1) is 5.56 Å². The minimum atomic E-state index is -0.830. The Morgan fingerprint density at radius 2 is 1.86 bits per heavy atom. The number of hydrogen-bond donors (Lipinski definition) is 2. The summed E-state index contributed by atoms with van der Waals surface area (Å²) in [6, 6.07) is 16.4. The number of carbonyl (C=O) groups is 2. The van der Waals surface area contributed by atoms with Gasteiger partial charge in [-0.3, -0.25) is 9.59 Å².